The molecule has 3 nitrogen and oxygen atoms in total. The Morgan fingerprint density at radius 3 is 2.00 bits per heavy atom. The Hall–Kier alpha value is -1.64. The Morgan fingerprint density at radius 1 is 1.06 bits per heavy atom. The monoisotopic (exact) mass is 222 g/mol. The number of hydrogen-bond acceptors (Lipinski definition) is 3. The normalized spacial score (nSPS) is 9.69. The lowest BCUT2D eigenvalue weighted by molar-refractivity contribution is 0.324. The number of ether oxygens (including phenoxy) is 3. The van der Waals surface area contributed by atoms with Crippen molar-refractivity contribution in [1.82, 2.24) is 0 Å². The van der Waals surface area contributed by atoms with Crippen LogP contribution in [0, 0.1) is 0 Å². The highest BCUT2D eigenvalue weighted by Crippen LogP contribution is 2.38. The van der Waals surface area contributed by atoms with Gasteiger partial charge in [0.15, 0.2) is 11.5 Å². The maximum Gasteiger partial charge on any atom is 0.203 e. The molecule has 88 valence electrons. The lowest BCUT2D eigenvalue weighted by Crippen LogP contribution is -1.97. The van der Waals surface area contributed by atoms with Crippen LogP contribution in [0.1, 0.15) is 12.0 Å². The van der Waals surface area contributed by atoms with Gasteiger partial charge in [-0.3, -0.25) is 0 Å². The van der Waals surface area contributed by atoms with Gasteiger partial charge in [-0.25, -0.2) is 0 Å². The number of benzene rings is 1. The Labute approximate surface area is 96.6 Å². The fourth-order valence-corrected chi connectivity index (χ4v) is 1.55. The molecule has 0 saturated carbocycles. The maximum atomic E-state index is 5.27. The minimum atomic E-state index is 0.632. The Morgan fingerprint density at radius 2 is 1.62 bits per heavy atom. The van der Waals surface area contributed by atoms with E-state index in [1.54, 1.807) is 21.3 Å². The van der Waals surface area contributed by atoms with Crippen LogP contribution in [-0.2, 0) is 6.42 Å². The quantitative estimate of drug-likeness (QED) is 0.693. The maximum absolute atomic E-state index is 5.27. The highest BCUT2D eigenvalue weighted by atomic mass is 16.5. The minimum absolute atomic E-state index is 0.632. The summed E-state index contributed by atoms with van der Waals surface area (Å²) in [5.74, 6) is 2.02. The zero-order chi connectivity index (χ0) is 12.0. The second kappa shape index (κ2) is 6.05. The Balaban J connectivity index is 3.09. The van der Waals surface area contributed by atoms with Gasteiger partial charge >= 0.3 is 0 Å². The summed E-state index contributed by atoms with van der Waals surface area (Å²) in [6.07, 6.45) is 3.74. The number of hydrogen-bond donors (Lipinski definition) is 0. The van der Waals surface area contributed by atoms with E-state index in [-0.39, 0.29) is 0 Å². The van der Waals surface area contributed by atoms with Gasteiger partial charge in [0.1, 0.15) is 0 Å². The van der Waals surface area contributed by atoms with Crippen LogP contribution < -0.4 is 14.2 Å². The molecule has 0 radical (unpaired) electrons. The summed E-state index contributed by atoms with van der Waals surface area (Å²) < 4.78 is 15.8. The van der Waals surface area contributed by atoms with Gasteiger partial charge in [-0.15, -0.1) is 6.58 Å². The SMILES string of the molecule is C=CCCc1cc(OC)c(OC)c(OC)c1. The lowest BCUT2D eigenvalue weighted by Gasteiger charge is -2.13. The zero-order valence-electron chi connectivity index (χ0n) is 10.1. The average molecular weight is 222 g/mol. The molecule has 3 heteroatoms. The second-order valence-electron chi connectivity index (χ2n) is 3.36. The summed E-state index contributed by atoms with van der Waals surface area (Å²) in [5, 5.41) is 0. The molecule has 0 bridgehead atoms. The molecule has 0 amide bonds. The highest BCUT2D eigenvalue weighted by Gasteiger charge is 2.12. The molecule has 1 aromatic carbocycles. The van der Waals surface area contributed by atoms with Crippen molar-refractivity contribution in [3.63, 3.8) is 0 Å². The molecular weight excluding hydrogens is 204 g/mol. The third-order valence-corrected chi connectivity index (χ3v) is 2.36. The molecule has 0 unspecified atom stereocenters. The molecule has 0 aromatic heterocycles. The van der Waals surface area contributed by atoms with E-state index in [0.717, 1.165) is 18.4 Å². The van der Waals surface area contributed by atoms with Crippen LogP contribution in [0.4, 0.5) is 0 Å². The summed E-state index contributed by atoms with van der Waals surface area (Å²) in [6, 6.07) is 3.93. The van der Waals surface area contributed by atoms with E-state index in [0.29, 0.717) is 17.2 Å². The van der Waals surface area contributed by atoms with Crippen molar-refractivity contribution in [2.24, 2.45) is 0 Å². The molecule has 0 spiro atoms. The minimum Gasteiger partial charge on any atom is -0.493 e. The fraction of sp³-hybridized carbons (Fsp3) is 0.385. The highest BCUT2D eigenvalue weighted by molar-refractivity contribution is 5.53. The number of methoxy groups -OCH3 is 3. The molecule has 0 aliphatic rings. The molecule has 1 rings (SSSR count). The Kier molecular flexibility index (Phi) is 4.70. The molecule has 0 N–H and O–H groups in total. The molecule has 16 heavy (non-hydrogen) atoms. The van der Waals surface area contributed by atoms with Crippen molar-refractivity contribution in [3.8, 4) is 17.2 Å². The van der Waals surface area contributed by atoms with Gasteiger partial charge in [-0.05, 0) is 30.5 Å². The van der Waals surface area contributed by atoms with Gasteiger partial charge < -0.3 is 14.2 Å². The topological polar surface area (TPSA) is 27.7 Å². The van der Waals surface area contributed by atoms with Crippen molar-refractivity contribution >= 4 is 0 Å². The van der Waals surface area contributed by atoms with Crippen LogP contribution in [0.15, 0.2) is 24.8 Å². The summed E-state index contributed by atoms with van der Waals surface area (Å²) in [4.78, 5) is 0. The van der Waals surface area contributed by atoms with Crippen molar-refractivity contribution in [2.75, 3.05) is 21.3 Å². The number of allylic oxidation sites excluding steroid dienone is 1. The van der Waals surface area contributed by atoms with Gasteiger partial charge in [-0.1, -0.05) is 6.08 Å². The van der Waals surface area contributed by atoms with Crippen LogP contribution >= 0.6 is 0 Å². The summed E-state index contributed by atoms with van der Waals surface area (Å²) in [7, 11) is 4.84. The number of rotatable bonds is 6. The molecule has 0 aliphatic carbocycles. The van der Waals surface area contributed by atoms with Crippen molar-refractivity contribution in [2.45, 2.75) is 12.8 Å². The largest absolute Gasteiger partial charge is 0.493 e. The predicted molar refractivity (Wildman–Crippen MR) is 64.6 cm³/mol. The predicted octanol–water partition coefficient (Wildman–Crippen LogP) is 2.83. The van der Waals surface area contributed by atoms with E-state index >= 15 is 0 Å². The van der Waals surface area contributed by atoms with Gasteiger partial charge in [0, 0.05) is 0 Å². The van der Waals surface area contributed by atoms with Crippen LogP contribution in [0.25, 0.3) is 0 Å². The average Bonchev–Trinajstić information content (AvgIpc) is 2.34. The van der Waals surface area contributed by atoms with Crippen LogP contribution in [0.2, 0.25) is 0 Å². The number of aryl methyl sites for hydroxylation is 1. The van der Waals surface area contributed by atoms with Gasteiger partial charge in [-0.2, -0.15) is 0 Å². The van der Waals surface area contributed by atoms with Crippen LogP contribution in [0.5, 0.6) is 17.2 Å². The first-order valence-electron chi connectivity index (χ1n) is 5.16. The lowest BCUT2D eigenvalue weighted by atomic mass is 10.1. The van der Waals surface area contributed by atoms with Crippen molar-refractivity contribution in [1.29, 1.82) is 0 Å². The first-order chi connectivity index (χ1) is 7.76. The van der Waals surface area contributed by atoms with E-state index in [1.807, 2.05) is 18.2 Å². The second-order valence-corrected chi connectivity index (χ2v) is 3.36. The van der Waals surface area contributed by atoms with Gasteiger partial charge in [0.25, 0.3) is 0 Å². The zero-order valence-corrected chi connectivity index (χ0v) is 10.1. The van der Waals surface area contributed by atoms with E-state index in [1.165, 1.54) is 0 Å². The summed E-state index contributed by atoms with van der Waals surface area (Å²) in [6.45, 7) is 3.71. The molecule has 0 aliphatic heterocycles. The molecular formula is C13H18O3. The first kappa shape index (κ1) is 12.4. The molecule has 1 aromatic rings. The van der Waals surface area contributed by atoms with Gasteiger partial charge in [0.05, 0.1) is 21.3 Å². The Bertz CT molecular complexity index is 333. The van der Waals surface area contributed by atoms with Gasteiger partial charge in [0.2, 0.25) is 5.75 Å². The third kappa shape index (κ3) is 2.69. The molecule has 0 atom stereocenters. The first-order valence-corrected chi connectivity index (χ1v) is 5.16. The van der Waals surface area contributed by atoms with Crippen molar-refractivity contribution < 1.29 is 14.2 Å². The summed E-state index contributed by atoms with van der Waals surface area (Å²) >= 11 is 0. The van der Waals surface area contributed by atoms with Crippen molar-refractivity contribution in [3.05, 3.63) is 30.4 Å². The molecule has 0 saturated heterocycles. The molecule has 0 heterocycles. The van der Waals surface area contributed by atoms with E-state index < -0.39 is 0 Å². The van der Waals surface area contributed by atoms with Crippen LogP contribution in [-0.4, -0.2) is 21.3 Å². The fourth-order valence-electron chi connectivity index (χ4n) is 1.55. The standard InChI is InChI=1S/C13H18O3/c1-5-6-7-10-8-11(14-2)13(16-4)12(9-10)15-3/h5,8-9H,1,6-7H2,2-4H3. The molecule has 0 fully saturated rings. The smallest absolute Gasteiger partial charge is 0.203 e. The van der Waals surface area contributed by atoms with E-state index in [4.69, 9.17) is 14.2 Å². The van der Waals surface area contributed by atoms with E-state index in [9.17, 15) is 0 Å². The van der Waals surface area contributed by atoms with Crippen LogP contribution in [0.3, 0.4) is 0 Å². The third-order valence-electron chi connectivity index (χ3n) is 2.36. The van der Waals surface area contributed by atoms with E-state index in [2.05, 4.69) is 6.58 Å². The summed E-state index contributed by atoms with van der Waals surface area (Å²) in [5.41, 5.74) is 1.15.